The van der Waals surface area contributed by atoms with E-state index < -0.39 is 27.8 Å². The fourth-order valence-corrected chi connectivity index (χ4v) is 17.3. The van der Waals surface area contributed by atoms with E-state index in [0.717, 1.165) is 90.8 Å². The number of amides is 2. The summed E-state index contributed by atoms with van der Waals surface area (Å²) in [5.41, 5.74) is 4.66. The summed E-state index contributed by atoms with van der Waals surface area (Å²) in [6, 6.07) is 0. The average molecular weight is 1270 g/mol. The zero-order valence-electron chi connectivity index (χ0n) is 59.7. The van der Waals surface area contributed by atoms with Crippen LogP contribution in [0.3, 0.4) is 0 Å². The second-order valence-electron chi connectivity index (χ2n) is 33.5. The minimum absolute atomic E-state index is 0.0294. The molecule has 0 aromatic carbocycles. The molecule has 2 unspecified atom stereocenters. The van der Waals surface area contributed by atoms with Crippen LogP contribution in [0.4, 0.5) is 9.59 Å². The van der Waals surface area contributed by atoms with E-state index in [9.17, 15) is 9.59 Å². The Balaban J connectivity index is 0.000000251. The highest BCUT2D eigenvalue weighted by Gasteiger charge is 2.52. The number of hydrogen-bond acceptors (Lipinski definition) is 12. The largest absolute Gasteiger partial charge is 0.444 e. The number of carbonyl (C=O) groups excluding carboxylic acids is 2. The van der Waals surface area contributed by atoms with E-state index >= 15 is 0 Å². The van der Waals surface area contributed by atoms with Crippen molar-refractivity contribution in [3.8, 4) is 0 Å². The zero-order valence-corrected chi connectivity index (χ0v) is 61.7. The number of rotatable bonds is 18. The fourth-order valence-electron chi connectivity index (χ4n) is 14.5. The molecule has 4 saturated carbocycles. The molecule has 2 amide bonds. The Hall–Kier alpha value is -2.85. The van der Waals surface area contributed by atoms with Crippen LogP contribution in [0, 0.1) is 10.8 Å². The number of carbonyl (C=O) groups is 2. The molecule has 4 heterocycles. The zero-order chi connectivity index (χ0) is 64.7. The third-order valence-electron chi connectivity index (χ3n) is 21.7. The molecule has 2 spiro atoms. The number of aromatic nitrogens is 4. The summed E-state index contributed by atoms with van der Waals surface area (Å²) in [5.74, 6) is 0.870. The third-order valence-corrected chi connectivity index (χ3v) is 30.7. The highest BCUT2D eigenvalue weighted by molar-refractivity contribution is 6.74. The van der Waals surface area contributed by atoms with Gasteiger partial charge in [0.15, 0.2) is 16.6 Å². The molecule has 2 aliphatic heterocycles. The van der Waals surface area contributed by atoms with Crippen LogP contribution in [-0.2, 0) is 40.9 Å². The lowest BCUT2D eigenvalue weighted by Crippen LogP contribution is -2.52. The Morgan fingerprint density at radius 1 is 0.511 bits per heavy atom. The molecule has 88 heavy (non-hydrogen) atoms. The molecule has 16 nitrogen and oxygen atoms in total. The normalized spacial score (nSPS) is 24.9. The summed E-state index contributed by atoms with van der Waals surface area (Å²) >= 11 is 0. The minimum atomic E-state index is -1.87. The van der Waals surface area contributed by atoms with E-state index in [1.807, 2.05) is 55.6 Å². The quantitative estimate of drug-likeness (QED) is 0.131. The first-order chi connectivity index (χ1) is 41.0. The molecule has 6 fully saturated rings. The van der Waals surface area contributed by atoms with Crippen molar-refractivity contribution >= 4 is 28.8 Å². The SMILES string of the molecule is CN(CCN(C)C(=O)OC(C)(C)C)Cc1cn(C2CCCCO2)nc1[C@@H]1CC[C@@H](O[Si](C)(C)C(C)(C)C)C2(CCCCC2)C1.CN(CCN(C)C(=O)OC(C)(C)C)Cc1cn(C2CCCCO2)nc1[C@H]1CC[C@@H](O[Si](C)(C)C(C)(C)C)C2(CCCCC2)C1. The van der Waals surface area contributed by atoms with Crippen LogP contribution in [0.5, 0.6) is 0 Å². The van der Waals surface area contributed by atoms with Gasteiger partial charge in [0.05, 0.1) is 23.6 Å². The van der Waals surface area contributed by atoms with Crippen LogP contribution in [0.25, 0.3) is 0 Å². The first-order valence-electron chi connectivity index (χ1n) is 35.0. The van der Waals surface area contributed by atoms with Crippen molar-refractivity contribution in [2.45, 2.75) is 321 Å². The van der Waals surface area contributed by atoms with Gasteiger partial charge >= 0.3 is 12.2 Å². The molecule has 504 valence electrons. The van der Waals surface area contributed by atoms with Crippen LogP contribution >= 0.6 is 0 Å². The second kappa shape index (κ2) is 30.1. The van der Waals surface area contributed by atoms with E-state index in [4.69, 9.17) is 38.0 Å². The van der Waals surface area contributed by atoms with Gasteiger partial charge < -0.3 is 47.4 Å². The molecule has 8 rings (SSSR count). The minimum Gasteiger partial charge on any atom is -0.444 e. The van der Waals surface area contributed by atoms with Crippen molar-refractivity contribution in [1.82, 2.24) is 39.2 Å². The van der Waals surface area contributed by atoms with Crippen molar-refractivity contribution in [3.63, 3.8) is 0 Å². The van der Waals surface area contributed by atoms with Crippen LogP contribution in [0.15, 0.2) is 12.4 Å². The number of nitrogens with zero attached hydrogens (tertiary/aromatic N) is 8. The molecule has 2 aromatic heterocycles. The van der Waals surface area contributed by atoms with Crippen molar-refractivity contribution < 1.29 is 37.4 Å². The predicted octanol–water partition coefficient (Wildman–Crippen LogP) is 17.0. The van der Waals surface area contributed by atoms with Gasteiger partial charge in [0.2, 0.25) is 0 Å². The fraction of sp³-hybridized carbons (Fsp3) is 0.886. The van der Waals surface area contributed by atoms with E-state index in [2.05, 4.69) is 113 Å². The lowest BCUT2D eigenvalue weighted by atomic mass is 9.60. The maximum Gasteiger partial charge on any atom is 0.410 e. The maximum absolute atomic E-state index is 12.5. The molecular weight excluding hydrogens is 1140 g/mol. The lowest BCUT2D eigenvalue weighted by molar-refractivity contribution is -0.0421. The Bertz CT molecular complexity index is 2330. The van der Waals surface area contributed by atoms with Gasteiger partial charge in [0, 0.05) is 102 Å². The highest BCUT2D eigenvalue weighted by Crippen LogP contribution is 2.57. The molecule has 0 N–H and O–H groups in total. The molecule has 2 saturated heterocycles. The first kappa shape index (κ1) is 72.6. The Labute approximate surface area is 537 Å². The summed E-state index contributed by atoms with van der Waals surface area (Å²) in [7, 11) is 4.18. The smallest absolute Gasteiger partial charge is 0.410 e. The lowest BCUT2D eigenvalue weighted by Gasteiger charge is -2.52. The standard InChI is InChI=1S/2C35H64N4O4Si/c2*1-33(2,3)42-32(40)38(8)22-21-37(7)25-28-26-39(30-16-12-15-23-41-30)36-31(28)27-17-18-29(43-44(9,10)34(4,5)6)35(24-27)19-13-11-14-20-35/h2*26-27,29-30H,11-25H2,1-10H3/t27-,29+,30?;27-,29-,30?/m01/s1. The topological polar surface area (TPSA) is 138 Å². The summed E-state index contributed by atoms with van der Waals surface area (Å²) < 4.78 is 42.3. The molecular formula is C70H128N8O8Si2. The van der Waals surface area contributed by atoms with Gasteiger partial charge in [-0.15, -0.1) is 0 Å². The molecule has 4 aliphatic carbocycles. The van der Waals surface area contributed by atoms with Gasteiger partial charge in [0.25, 0.3) is 0 Å². The average Bonchev–Trinajstić information content (AvgIpc) is 1.29. The summed E-state index contributed by atoms with van der Waals surface area (Å²) in [4.78, 5) is 33.1. The number of ether oxygens (including phenoxy) is 4. The van der Waals surface area contributed by atoms with E-state index in [1.165, 1.54) is 112 Å². The molecule has 18 heteroatoms. The van der Waals surface area contributed by atoms with Gasteiger partial charge in [-0.1, -0.05) is 80.1 Å². The first-order valence-corrected chi connectivity index (χ1v) is 40.8. The number of likely N-dealkylation sites (N-methyl/N-ethyl adjacent to an activating group) is 4. The third kappa shape index (κ3) is 19.6. The van der Waals surface area contributed by atoms with Gasteiger partial charge in [-0.25, -0.2) is 19.0 Å². The van der Waals surface area contributed by atoms with Gasteiger partial charge in [-0.3, -0.25) is 0 Å². The van der Waals surface area contributed by atoms with E-state index in [0.29, 0.717) is 37.1 Å². The van der Waals surface area contributed by atoms with Crippen molar-refractivity contribution in [2.24, 2.45) is 10.8 Å². The van der Waals surface area contributed by atoms with Crippen molar-refractivity contribution in [1.29, 1.82) is 0 Å². The molecule has 0 bridgehead atoms. The summed E-state index contributed by atoms with van der Waals surface area (Å²) in [5, 5.41) is 11.1. The van der Waals surface area contributed by atoms with E-state index in [-0.39, 0.29) is 45.5 Å². The summed E-state index contributed by atoms with van der Waals surface area (Å²) in [6.45, 7) is 41.3. The second-order valence-corrected chi connectivity index (χ2v) is 43.0. The highest BCUT2D eigenvalue weighted by atomic mass is 28.4. The van der Waals surface area contributed by atoms with Gasteiger partial charge in [-0.05, 0) is 205 Å². The summed E-state index contributed by atoms with van der Waals surface area (Å²) in [6.07, 6.45) is 31.4. The molecule has 6 aliphatic rings. The molecule has 2 aromatic rings. The van der Waals surface area contributed by atoms with Crippen molar-refractivity contribution in [3.05, 3.63) is 34.9 Å². The Morgan fingerprint density at radius 2 is 0.864 bits per heavy atom. The Morgan fingerprint density at radius 3 is 1.17 bits per heavy atom. The maximum atomic E-state index is 12.5. The van der Waals surface area contributed by atoms with Crippen LogP contribution in [0.2, 0.25) is 36.3 Å². The predicted molar refractivity (Wildman–Crippen MR) is 361 cm³/mol. The monoisotopic (exact) mass is 1260 g/mol. The van der Waals surface area contributed by atoms with Crippen molar-refractivity contribution in [2.75, 3.05) is 67.6 Å². The molecule has 0 radical (unpaired) electrons. The van der Waals surface area contributed by atoms with E-state index in [1.54, 1.807) is 9.80 Å². The van der Waals surface area contributed by atoms with Gasteiger partial charge in [0.1, 0.15) is 23.7 Å². The number of hydrogen-bond donors (Lipinski definition) is 0. The van der Waals surface area contributed by atoms with Crippen LogP contribution < -0.4 is 0 Å². The van der Waals surface area contributed by atoms with Crippen LogP contribution in [-0.4, -0.2) is 159 Å². The van der Waals surface area contributed by atoms with Gasteiger partial charge in [-0.2, -0.15) is 10.2 Å². The molecule has 6 atom stereocenters. The van der Waals surface area contributed by atoms with Crippen LogP contribution in [0.1, 0.15) is 271 Å². The Kier molecular flexibility index (Phi) is 24.8.